The molecule has 8 nitrogen and oxygen atoms in total. The van der Waals surface area contributed by atoms with Gasteiger partial charge in [0.05, 0.1) is 17.6 Å². The second kappa shape index (κ2) is 6.96. The van der Waals surface area contributed by atoms with E-state index in [-0.39, 0.29) is 17.8 Å². The fourth-order valence-electron chi connectivity index (χ4n) is 3.07. The fourth-order valence-corrected chi connectivity index (χ4v) is 3.07. The van der Waals surface area contributed by atoms with E-state index in [1.165, 1.54) is 0 Å². The maximum Gasteiger partial charge on any atom is 0.311 e. The van der Waals surface area contributed by atoms with Gasteiger partial charge in [0.25, 0.3) is 0 Å². The Bertz CT molecular complexity index is 730. The third-order valence-electron chi connectivity index (χ3n) is 4.25. The number of nitro benzene ring substituents is 1. The molecular formula is C16H21N5O3. The van der Waals surface area contributed by atoms with Crippen molar-refractivity contribution in [1.82, 2.24) is 20.1 Å². The highest BCUT2D eigenvalue weighted by Crippen LogP contribution is 2.32. The van der Waals surface area contributed by atoms with Gasteiger partial charge < -0.3 is 10.1 Å². The van der Waals surface area contributed by atoms with Crippen LogP contribution in [-0.4, -0.2) is 26.3 Å². The lowest BCUT2D eigenvalue weighted by molar-refractivity contribution is -0.385. The molecule has 0 saturated heterocycles. The maximum atomic E-state index is 11.3. The van der Waals surface area contributed by atoms with E-state index in [9.17, 15) is 10.1 Å². The smallest absolute Gasteiger partial charge is 0.311 e. The molecule has 1 N–H and O–H groups in total. The Kier molecular flexibility index (Phi) is 4.75. The van der Waals surface area contributed by atoms with Crippen LogP contribution in [0.25, 0.3) is 0 Å². The molecule has 2 aromatic rings. The topological polar surface area (TPSA) is 95.1 Å². The number of hydrogen-bond donors (Lipinski definition) is 1. The Morgan fingerprint density at radius 3 is 3.12 bits per heavy atom. The van der Waals surface area contributed by atoms with Gasteiger partial charge in [-0.1, -0.05) is 6.07 Å². The van der Waals surface area contributed by atoms with E-state index in [2.05, 4.69) is 15.4 Å². The number of aryl methyl sites for hydroxylation is 1. The SMILES string of the molecule is CCOc1ccc(C(C)NC2CCCn3ncnc32)cc1[N+](=O)[O-]. The molecule has 2 heterocycles. The molecule has 1 aromatic carbocycles. The van der Waals surface area contributed by atoms with Crippen molar-refractivity contribution in [3.8, 4) is 5.75 Å². The minimum Gasteiger partial charge on any atom is -0.487 e. The molecule has 0 fully saturated rings. The van der Waals surface area contributed by atoms with Gasteiger partial charge in [0.15, 0.2) is 5.75 Å². The summed E-state index contributed by atoms with van der Waals surface area (Å²) < 4.78 is 7.25. The van der Waals surface area contributed by atoms with Crippen molar-refractivity contribution in [3.63, 3.8) is 0 Å². The number of ether oxygens (including phenoxy) is 1. The average molecular weight is 331 g/mol. The van der Waals surface area contributed by atoms with E-state index in [0.29, 0.717) is 12.4 Å². The number of aromatic nitrogens is 3. The van der Waals surface area contributed by atoms with E-state index in [0.717, 1.165) is 30.8 Å². The Balaban J connectivity index is 1.80. The van der Waals surface area contributed by atoms with Gasteiger partial charge in [-0.05, 0) is 38.3 Å². The van der Waals surface area contributed by atoms with Crippen LogP contribution in [-0.2, 0) is 6.54 Å². The quantitative estimate of drug-likeness (QED) is 0.646. The molecule has 0 aliphatic carbocycles. The number of rotatable bonds is 6. The first-order chi connectivity index (χ1) is 11.6. The largest absolute Gasteiger partial charge is 0.487 e. The van der Waals surface area contributed by atoms with Crippen molar-refractivity contribution in [2.24, 2.45) is 0 Å². The first-order valence-corrected chi connectivity index (χ1v) is 8.15. The molecule has 3 rings (SSSR count). The van der Waals surface area contributed by atoms with Gasteiger partial charge in [0, 0.05) is 18.7 Å². The molecule has 0 saturated carbocycles. The van der Waals surface area contributed by atoms with Crippen molar-refractivity contribution in [2.75, 3.05) is 6.61 Å². The summed E-state index contributed by atoms with van der Waals surface area (Å²) in [7, 11) is 0. The fraction of sp³-hybridized carbons (Fsp3) is 0.500. The van der Waals surface area contributed by atoms with E-state index in [1.54, 1.807) is 25.4 Å². The lowest BCUT2D eigenvalue weighted by Gasteiger charge is -2.26. The molecule has 1 aromatic heterocycles. The number of hydrogen-bond acceptors (Lipinski definition) is 6. The molecular weight excluding hydrogens is 310 g/mol. The first kappa shape index (κ1) is 16.4. The van der Waals surface area contributed by atoms with Crippen LogP contribution in [0.5, 0.6) is 5.75 Å². The zero-order valence-electron chi connectivity index (χ0n) is 13.8. The number of fused-ring (bicyclic) bond motifs is 1. The van der Waals surface area contributed by atoms with Crippen molar-refractivity contribution in [2.45, 2.75) is 45.3 Å². The predicted molar refractivity (Wildman–Crippen MR) is 87.8 cm³/mol. The summed E-state index contributed by atoms with van der Waals surface area (Å²) in [6.07, 6.45) is 3.58. The van der Waals surface area contributed by atoms with Crippen LogP contribution in [0.15, 0.2) is 24.5 Å². The maximum absolute atomic E-state index is 11.3. The Morgan fingerprint density at radius 1 is 1.54 bits per heavy atom. The normalized spacial score (nSPS) is 18.0. The second-order valence-corrected chi connectivity index (χ2v) is 5.84. The van der Waals surface area contributed by atoms with Crippen LogP contribution in [0.2, 0.25) is 0 Å². The standard InChI is InChI=1S/C16H21N5O3/c1-3-24-15-7-6-12(9-14(15)21(22)23)11(2)19-13-5-4-8-20-16(13)17-10-18-20/h6-7,9-11,13,19H,3-5,8H2,1-2H3. The Hall–Kier alpha value is -2.48. The summed E-state index contributed by atoms with van der Waals surface area (Å²) in [4.78, 5) is 15.2. The molecule has 1 aliphatic heterocycles. The van der Waals surface area contributed by atoms with Crippen LogP contribution in [0.1, 0.15) is 50.2 Å². The van der Waals surface area contributed by atoms with E-state index in [1.807, 2.05) is 17.7 Å². The van der Waals surface area contributed by atoms with Gasteiger partial charge in [-0.25, -0.2) is 9.67 Å². The summed E-state index contributed by atoms with van der Waals surface area (Å²) in [5, 5.41) is 19.0. The van der Waals surface area contributed by atoms with Crippen LogP contribution < -0.4 is 10.1 Å². The number of nitro groups is 1. The molecule has 128 valence electrons. The van der Waals surface area contributed by atoms with Crippen LogP contribution in [0.3, 0.4) is 0 Å². The summed E-state index contributed by atoms with van der Waals surface area (Å²) in [6, 6.07) is 5.16. The molecule has 2 unspecified atom stereocenters. The van der Waals surface area contributed by atoms with Gasteiger partial charge in [-0.3, -0.25) is 10.1 Å². The minimum atomic E-state index is -0.404. The zero-order chi connectivity index (χ0) is 17.1. The zero-order valence-corrected chi connectivity index (χ0v) is 13.8. The minimum absolute atomic E-state index is 0.00480. The summed E-state index contributed by atoms with van der Waals surface area (Å²) in [5.74, 6) is 1.23. The first-order valence-electron chi connectivity index (χ1n) is 8.15. The molecule has 0 spiro atoms. The van der Waals surface area contributed by atoms with Crippen LogP contribution >= 0.6 is 0 Å². The molecule has 1 aliphatic rings. The third-order valence-corrected chi connectivity index (χ3v) is 4.25. The van der Waals surface area contributed by atoms with Crippen molar-refractivity contribution >= 4 is 5.69 Å². The highest BCUT2D eigenvalue weighted by molar-refractivity contribution is 5.49. The molecule has 8 heteroatoms. The van der Waals surface area contributed by atoms with Gasteiger partial charge in [0.1, 0.15) is 12.2 Å². The van der Waals surface area contributed by atoms with E-state index >= 15 is 0 Å². The molecule has 24 heavy (non-hydrogen) atoms. The molecule has 0 bridgehead atoms. The average Bonchev–Trinajstić information content (AvgIpc) is 3.05. The second-order valence-electron chi connectivity index (χ2n) is 5.84. The number of nitrogens with one attached hydrogen (secondary N) is 1. The number of benzene rings is 1. The van der Waals surface area contributed by atoms with Gasteiger partial charge in [0.2, 0.25) is 0 Å². The van der Waals surface area contributed by atoms with Gasteiger partial charge in [-0.2, -0.15) is 5.10 Å². The van der Waals surface area contributed by atoms with Gasteiger partial charge in [-0.15, -0.1) is 0 Å². The highest BCUT2D eigenvalue weighted by atomic mass is 16.6. The highest BCUT2D eigenvalue weighted by Gasteiger charge is 2.25. The number of nitrogens with zero attached hydrogens (tertiary/aromatic N) is 4. The van der Waals surface area contributed by atoms with Crippen LogP contribution in [0.4, 0.5) is 5.69 Å². The molecule has 0 amide bonds. The lowest BCUT2D eigenvalue weighted by atomic mass is 10.0. The summed E-state index contributed by atoms with van der Waals surface area (Å²) in [5.41, 5.74) is 0.844. The van der Waals surface area contributed by atoms with Crippen molar-refractivity contribution in [3.05, 3.63) is 46.0 Å². The summed E-state index contributed by atoms with van der Waals surface area (Å²) >= 11 is 0. The summed E-state index contributed by atoms with van der Waals surface area (Å²) in [6.45, 7) is 5.08. The third kappa shape index (κ3) is 3.23. The lowest BCUT2D eigenvalue weighted by Crippen LogP contribution is -2.30. The monoisotopic (exact) mass is 331 g/mol. The van der Waals surface area contributed by atoms with Gasteiger partial charge >= 0.3 is 5.69 Å². The van der Waals surface area contributed by atoms with Crippen molar-refractivity contribution < 1.29 is 9.66 Å². The molecule has 0 radical (unpaired) electrons. The predicted octanol–water partition coefficient (Wildman–Crippen LogP) is 2.77. The van der Waals surface area contributed by atoms with Crippen LogP contribution in [0, 0.1) is 10.1 Å². The van der Waals surface area contributed by atoms with E-state index < -0.39 is 4.92 Å². The van der Waals surface area contributed by atoms with Crippen molar-refractivity contribution in [1.29, 1.82) is 0 Å². The van der Waals surface area contributed by atoms with E-state index in [4.69, 9.17) is 4.74 Å². The molecule has 2 atom stereocenters. The Morgan fingerprint density at radius 2 is 2.38 bits per heavy atom. The Labute approximate surface area is 140 Å².